The van der Waals surface area contributed by atoms with E-state index in [4.69, 9.17) is 20.3 Å². The lowest BCUT2D eigenvalue weighted by molar-refractivity contribution is -0.0232. The maximum Gasteiger partial charge on any atom is 0.407 e. The highest BCUT2D eigenvalue weighted by Gasteiger charge is 2.25. The molecular formula is C15H18N4O4. The Labute approximate surface area is 132 Å². The van der Waals surface area contributed by atoms with Crippen LogP contribution in [0.3, 0.4) is 0 Å². The van der Waals surface area contributed by atoms with Gasteiger partial charge in [0.25, 0.3) is 0 Å². The highest BCUT2D eigenvalue weighted by Crippen LogP contribution is 2.33. The summed E-state index contributed by atoms with van der Waals surface area (Å²) in [6.45, 7) is 1.06. The number of anilines is 1. The quantitative estimate of drug-likeness (QED) is 0.794. The fraction of sp³-hybridized carbons (Fsp3) is 0.333. The molecule has 0 aliphatic carbocycles. The predicted molar refractivity (Wildman–Crippen MR) is 83.3 cm³/mol. The second-order valence-electron chi connectivity index (χ2n) is 5.25. The number of aromatic amines is 1. The number of aromatic nitrogens is 2. The first-order chi connectivity index (χ1) is 11.1. The standard InChI is InChI=1S/C15H18N4O4/c1-22-12-6-9(13-8-19(15(20)21)4-5-23-13)2-3-10(12)11-7-14(16)18-17-11/h2-3,6-7,13H,4-5,8H2,1H3,(H,20,21)(H3,16,17,18)/t13-/m0/s1. The number of amides is 1. The molecule has 122 valence electrons. The molecule has 0 spiro atoms. The summed E-state index contributed by atoms with van der Waals surface area (Å²) in [6.07, 6.45) is -1.25. The monoisotopic (exact) mass is 318 g/mol. The van der Waals surface area contributed by atoms with Crippen molar-refractivity contribution in [3.05, 3.63) is 29.8 Å². The number of benzene rings is 1. The summed E-state index contributed by atoms with van der Waals surface area (Å²) in [7, 11) is 1.58. The van der Waals surface area contributed by atoms with Gasteiger partial charge in [-0.05, 0) is 17.7 Å². The lowest BCUT2D eigenvalue weighted by Crippen LogP contribution is -2.41. The topological polar surface area (TPSA) is 114 Å². The number of morpholine rings is 1. The van der Waals surface area contributed by atoms with E-state index in [2.05, 4.69) is 10.2 Å². The van der Waals surface area contributed by atoms with E-state index in [1.54, 1.807) is 13.2 Å². The lowest BCUT2D eigenvalue weighted by Gasteiger charge is -2.31. The SMILES string of the molecule is COc1cc([C@@H]2CN(C(=O)O)CCO2)ccc1-c1cc(N)n[nH]1. The number of hydrogen-bond donors (Lipinski definition) is 3. The number of carbonyl (C=O) groups is 1. The van der Waals surface area contributed by atoms with Crippen molar-refractivity contribution in [1.29, 1.82) is 0 Å². The lowest BCUT2D eigenvalue weighted by atomic mass is 10.0. The number of nitrogens with zero attached hydrogens (tertiary/aromatic N) is 2. The van der Waals surface area contributed by atoms with Crippen LogP contribution < -0.4 is 10.5 Å². The van der Waals surface area contributed by atoms with Crippen LogP contribution in [0.4, 0.5) is 10.6 Å². The van der Waals surface area contributed by atoms with Gasteiger partial charge in [-0.25, -0.2) is 4.79 Å². The first-order valence-corrected chi connectivity index (χ1v) is 7.17. The molecule has 1 fully saturated rings. The number of carboxylic acid groups (broad SMARTS) is 1. The molecule has 0 unspecified atom stereocenters. The minimum absolute atomic E-state index is 0.300. The molecule has 4 N–H and O–H groups in total. The van der Waals surface area contributed by atoms with E-state index in [0.29, 0.717) is 31.3 Å². The van der Waals surface area contributed by atoms with E-state index in [1.165, 1.54) is 4.90 Å². The van der Waals surface area contributed by atoms with Crippen LogP contribution in [-0.2, 0) is 4.74 Å². The number of rotatable bonds is 3. The number of H-pyrrole nitrogens is 1. The van der Waals surface area contributed by atoms with Gasteiger partial charge in [0.2, 0.25) is 0 Å². The number of nitrogens with one attached hydrogen (secondary N) is 1. The molecule has 0 saturated carbocycles. The molecule has 1 amide bonds. The normalized spacial score (nSPS) is 18.0. The van der Waals surface area contributed by atoms with Crippen molar-refractivity contribution in [2.75, 3.05) is 32.5 Å². The van der Waals surface area contributed by atoms with E-state index in [1.807, 2.05) is 18.2 Å². The maximum absolute atomic E-state index is 11.1. The first kappa shape index (κ1) is 15.2. The Morgan fingerprint density at radius 3 is 3.00 bits per heavy atom. The zero-order chi connectivity index (χ0) is 16.4. The van der Waals surface area contributed by atoms with Gasteiger partial charge >= 0.3 is 6.09 Å². The molecule has 8 heteroatoms. The predicted octanol–water partition coefficient (Wildman–Crippen LogP) is 1.72. The molecule has 1 atom stereocenters. The molecule has 1 aliphatic heterocycles. The molecule has 3 rings (SSSR count). The molecule has 1 aromatic heterocycles. The van der Waals surface area contributed by atoms with Crippen LogP contribution in [0.25, 0.3) is 11.3 Å². The summed E-state index contributed by atoms with van der Waals surface area (Å²) in [5.41, 5.74) is 8.08. The third-order valence-electron chi connectivity index (χ3n) is 3.82. The van der Waals surface area contributed by atoms with Gasteiger partial charge in [-0.3, -0.25) is 5.10 Å². The molecule has 8 nitrogen and oxygen atoms in total. The second-order valence-corrected chi connectivity index (χ2v) is 5.25. The fourth-order valence-corrected chi connectivity index (χ4v) is 2.63. The highest BCUT2D eigenvalue weighted by molar-refractivity contribution is 5.70. The number of nitrogens with two attached hydrogens (primary N) is 1. The summed E-state index contributed by atoms with van der Waals surface area (Å²) >= 11 is 0. The smallest absolute Gasteiger partial charge is 0.407 e. The molecule has 23 heavy (non-hydrogen) atoms. The van der Waals surface area contributed by atoms with Crippen LogP contribution in [0.2, 0.25) is 0 Å². The summed E-state index contributed by atoms with van der Waals surface area (Å²) in [5, 5.41) is 15.9. The molecular weight excluding hydrogens is 300 g/mol. The maximum atomic E-state index is 11.1. The van der Waals surface area contributed by atoms with Crippen LogP contribution in [0, 0.1) is 0 Å². The van der Waals surface area contributed by atoms with Gasteiger partial charge in [-0.15, -0.1) is 0 Å². The van der Waals surface area contributed by atoms with E-state index >= 15 is 0 Å². The Morgan fingerprint density at radius 1 is 1.52 bits per heavy atom. The van der Waals surface area contributed by atoms with Gasteiger partial charge in [-0.1, -0.05) is 6.07 Å². The van der Waals surface area contributed by atoms with Gasteiger partial charge in [0, 0.05) is 18.2 Å². The second kappa shape index (κ2) is 6.17. The molecule has 1 saturated heterocycles. The summed E-state index contributed by atoms with van der Waals surface area (Å²) in [6, 6.07) is 7.35. The Balaban J connectivity index is 1.88. The van der Waals surface area contributed by atoms with E-state index in [0.717, 1.165) is 16.8 Å². The van der Waals surface area contributed by atoms with Crippen molar-refractivity contribution >= 4 is 11.9 Å². The average Bonchev–Trinajstić information content (AvgIpc) is 3.00. The van der Waals surface area contributed by atoms with Crippen LogP contribution in [0.1, 0.15) is 11.7 Å². The molecule has 0 bridgehead atoms. The molecule has 2 heterocycles. The van der Waals surface area contributed by atoms with Crippen LogP contribution in [0.15, 0.2) is 24.3 Å². The third kappa shape index (κ3) is 3.07. The van der Waals surface area contributed by atoms with Crippen molar-refractivity contribution in [1.82, 2.24) is 15.1 Å². The van der Waals surface area contributed by atoms with Crippen molar-refractivity contribution in [3.63, 3.8) is 0 Å². The van der Waals surface area contributed by atoms with Gasteiger partial charge < -0.3 is 25.2 Å². The number of methoxy groups -OCH3 is 1. The minimum atomic E-state index is -0.935. The van der Waals surface area contributed by atoms with Crippen molar-refractivity contribution in [2.45, 2.75) is 6.10 Å². The molecule has 2 aromatic rings. The Kier molecular flexibility index (Phi) is 4.07. The summed E-state index contributed by atoms with van der Waals surface area (Å²) in [4.78, 5) is 12.5. The third-order valence-corrected chi connectivity index (χ3v) is 3.82. The number of nitrogen functional groups attached to an aromatic ring is 1. The number of ether oxygens (including phenoxy) is 2. The largest absolute Gasteiger partial charge is 0.496 e. The minimum Gasteiger partial charge on any atom is -0.496 e. The van der Waals surface area contributed by atoms with E-state index in [9.17, 15) is 4.79 Å². The Hall–Kier alpha value is -2.74. The van der Waals surface area contributed by atoms with Gasteiger partial charge in [0.1, 0.15) is 17.7 Å². The zero-order valence-corrected chi connectivity index (χ0v) is 12.7. The molecule has 0 radical (unpaired) electrons. The molecule has 1 aromatic carbocycles. The average molecular weight is 318 g/mol. The van der Waals surface area contributed by atoms with Crippen LogP contribution in [0.5, 0.6) is 5.75 Å². The fourth-order valence-electron chi connectivity index (χ4n) is 2.63. The van der Waals surface area contributed by atoms with Gasteiger partial charge in [0.05, 0.1) is 26.0 Å². The highest BCUT2D eigenvalue weighted by atomic mass is 16.5. The zero-order valence-electron chi connectivity index (χ0n) is 12.7. The summed E-state index contributed by atoms with van der Waals surface area (Å²) < 4.78 is 11.1. The van der Waals surface area contributed by atoms with Crippen LogP contribution >= 0.6 is 0 Å². The Morgan fingerprint density at radius 2 is 2.35 bits per heavy atom. The van der Waals surface area contributed by atoms with Gasteiger partial charge in [0.15, 0.2) is 0 Å². The van der Waals surface area contributed by atoms with E-state index < -0.39 is 6.09 Å². The van der Waals surface area contributed by atoms with Crippen molar-refractivity contribution in [2.24, 2.45) is 0 Å². The summed E-state index contributed by atoms with van der Waals surface area (Å²) in [5.74, 6) is 1.04. The van der Waals surface area contributed by atoms with Gasteiger partial charge in [-0.2, -0.15) is 5.10 Å². The van der Waals surface area contributed by atoms with Crippen molar-refractivity contribution < 1.29 is 19.4 Å². The number of hydrogen-bond acceptors (Lipinski definition) is 5. The first-order valence-electron chi connectivity index (χ1n) is 7.17. The van der Waals surface area contributed by atoms with Crippen LogP contribution in [-0.4, -0.2) is 53.1 Å². The van der Waals surface area contributed by atoms with Crippen molar-refractivity contribution in [3.8, 4) is 17.0 Å². The molecule has 1 aliphatic rings. The van der Waals surface area contributed by atoms with E-state index in [-0.39, 0.29) is 6.10 Å². The Bertz CT molecular complexity index is 715.